The Hall–Kier alpha value is -3.32. The molecule has 0 saturated heterocycles. The first-order valence-corrected chi connectivity index (χ1v) is 10.1. The zero-order valence-electron chi connectivity index (χ0n) is 16.0. The highest BCUT2D eigenvalue weighted by atomic mass is 32.2. The number of amides is 2. The average Bonchev–Trinajstić information content (AvgIpc) is 2.69. The maximum absolute atomic E-state index is 12.6. The first-order valence-electron chi connectivity index (χ1n) is 9.22. The summed E-state index contributed by atoms with van der Waals surface area (Å²) < 4.78 is 0. The van der Waals surface area contributed by atoms with Crippen LogP contribution < -0.4 is 16.0 Å². The molecule has 146 valence electrons. The van der Waals surface area contributed by atoms with E-state index in [1.807, 2.05) is 31.2 Å². The molecule has 0 saturated carbocycles. The molecular weight excluding hydrogens is 384 g/mol. The van der Waals surface area contributed by atoms with E-state index in [9.17, 15) is 9.59 Å². The Balaban J connectivity index is 1.43. The van der Waals surface area contributed by atoms with Crippen LogP contribution in [-0.4, -0.2) is 22.2 Å². The second-order valence-corrected chi connectivity index (χ2v) is 8.06. The Kier molecular flexibility index (Phi) is 5.22. The van der Waals surface area contributed by atoms with Crippen LogP contribution in [0.1, 0.15) is 13.8 Å². The summed E-state index contributed by atoms with van der Waals surface area (Å²) in [6, 6.07) is 19.1. The monoisotopic (exact) mass is 404 g/mol. The number of carbonyl (C=O) groups is 2. The van der Waals surface area contributed by atoms with E-state index in [1.165, 1.54) is 18.7 Å². The van der Waals surface area contributed by atoms with Crippen molar-refractivity contribution in [2.45, 2.75) is 19.1 Å². The summed E-state index contributed by atoms with van der Waals surface area (Å²) in [6.07, 6.45) is 0. The van der Waals surface area contributed by atoms with Gasteiger partial charge in [-0.2, -0.15) is 0 Å². The van der Waals surface area contributed by atoms with Crippen molar-refractivity contribution in [2.24, 2.45) is 4.99 Å². The molecule has 2 amide bonds. The lowest BCUT2D eigenvalue weighted by Gasteiger charge is -2.20. The molecule has 3 aromatic rings. The first kappa shape index (κ1) is 19.0. The highest BCUT2D eigenvalue weighted by Crippen LogP contribution is 2.37. The highest BCUT2D eigenvalue weighted by molar-refractivity contribution is 8.15. The Bertz CT molecular complexity index is 1120. The van der Waals surface area contributed by atoms with Gasteiger partial charge in [0.15, 0.2) is 5.17 Å². The van der Waals surface area contributed by atoms with Crippen LogP contribution in [-0.2, 0) is 9.59 Å². The van der Waals surface area contributed by atoms with E-state index in [0.29, 0.717) is 16.5 Å². The zero-order valence-corrected chi connectivity index (χ0v) is 16.8. The largest absolute Gasteiger partial charge is 0.334 e. The minimum Gasteiger partial charge on any atom is -0.334 e. The number of nitrogens with zero attached hydrogens (tertiary/aromatic N) is 1. The first-order chi connectivity index (χ1) is 14.0. The van der Waals surface area contributed by atoms with Crippen molar-refractivity contribution in [3.63, 3.8) is 0 Å². The minimum atomic E-state index is -0.347. The molecule has 1 atom stereocenters. The van der Waals surface area contributed by atoms with Crippen molar-refractivity contribution in [1.29, 1.82) is 0 Å². The quantitative estimate of drug-likeness (QED) is 0.573. The third kappa shape index (κ3) is 4.25. The van der Waals surface area contributed by atoms with E-state index in [1.54, 1.807) is 24.3 Å². The maximum Gasteiger partial charge on any atom is 0.237 e. The van der Waals surface area contributed by atoms with Crippen LogP contribution in [0.5, 0.6) is 0 Å². The molecule has 6 nitrogen and oxygen atoms in total. The Morgan fingerprint density at radius 2 is 1.62 bits per heavy atom. The molecule has 0 aromatic heterocycles. The molecule has 29 heavy (non-hydrogen) atoms. The summed E-state index contributed by atoms with van der Waals surface area (Å²) in [6.45, 7) is 3.30. The van der Waals surface area contributed by atoms with Gasteiger partial charge in [0.05, 0.1) is 16.6 Å². The van der Waals surface area contributed by atoms with E-state index in [2.05, 4.69) is 33.1 Å². The van der Waals surface area contributed by atoms with Gasteiger partial charge in [0.1, 0.15) is 0 Å². The lowest BCUT2D eigenvalue weighted by molar-refractivity contribution is -0.115. The summed E-state index contributed by atoms with van der Waals surface area (Å²) in [5.74, 6) is -0.256. The minimum absolute atomic E-state index is 0.121. The lowest BCUT2D eigenvalue weighted by Crippen LogP contribution is -2.25. The highest BCUT2D eigenvalue weighted by Gasteiger charge is 2.20. The number of hydrogen-bond acceptors (Lipinski definition) is 5. The third-order valence-electron chi connectivity index (χ3n) is 4.48. The molecule has 1 aliphatic heterocycles. The number of rotatable bonds is 4. The van der Waals surface area contributed by atoms with E-state index in [-0.39, 0.29) is 17.1 Å². The molecule has 0 aliphatic carbocycles. The summed E-state index contributed by atoms with van der Waals surface area (Å²) in [5.41, 5.74) is 3.26. The molecule has 1 heterocycles. The van der Waals surface area contributed by atoms with Crippen LogP contribution in [0.15, 0.2) is 65.7 Å². The van der Waals surface area contributed by atoms with Crippen molar-refractivity contribution in [1.82, 2.24) is 0 Å². The van der Waals surface area contributed by atoms with Crippen molar-refractivity contribution in [3.05, 3.63) is 60.7 Å². The van der Waals surface area contributed by atoms with Gasteiger partial charge in [0.25, 0.3) is 0 Å². The summed E-state index contributed by atoms with van der Waals surface area (Å²) in [4.78, 5) is 28.4. The number of carbonyl (C=O) groups excluding carboxylic acids is 2. The van der Waals surface area contributed by atoms with E-state index in [0.717, 1.165) is 22.1 Å². The summed E-state index contributed by atoms with van der Waals surface area (Å²) >= 11 is 1.38. The van der Waals surface area contributed by atoms with Crippen LogP contribution in [0.4, 0.5) is 22.7 Å². The van der Waals surface area contributed by atoms with Gasteiger partial charge >= 0.3 is 0 Å². The van der Waals surface area contributed by atoms with Crippen LogP contribution in [0, 0.1) is 0 Å². The molecule has 0 bridgehead atoms. The topological polar surface area (TPSA) is 82.6 Å². The van der Waals surface area contributed by atoms with Crippen molar-refractivity contribution < 1.29 is 9.59 Å². The fourth-order valence-electron chi connectivity index (χ4n) is 3.13. The molecule has 4 rings (SSSR count). The van der Waals surface area contributed by atoms with Gasteiger partial charge < -0.3 is 16.0 Å². The third-order valence-corrected chi connectivity index (χ3v) is 5.46. The SMILES string of the molecule is CC(=O)Nc1ccc(NC(=O)[C@@H](C)SC2=Nc3cccc4cccc(c34)N2)cc1. The Labute approximate surface area is 172 Å². The fourth-order valence-corrected chi connectivity index (χ4v) is 3.95. The van der Waals surface area contributed by atoms with Crippen LogP contribution >= 0.6 is 11.8 Å². The van der Waals surface area contributed by atoms with Gasteiger partial charge in [-0.1, -0.05) is 36.0 Å². The number of anilines is 3. The van der Waals surface area contributed by atoms with Crippen LogP contribution in [0.2, 0.25) is 0 Å². The van der Waals surface area contributed by atoms with E-state index < -0.39 is 0 Å². The van der Waals surface area contributed by atoms with E-state index in [4.69, 9.17) is 0 Å². The second kappa shape index (κ2) is 7.97. The van der Waals surface area contributed by atoms with Gasteiger partial charge in [-0.25, -0.2) is 4.99 Å². The number of hydrogen-bond donors (Lipinski definition) is 3. The van der Waals surface area contributed by atoms with E-state index >= 15 is 0 Å². The lowest BCUT2D eigenvalue weighted by atomic mass is 10.1. The number of benzene rings is 3. The van der Waals surface area contributed by atoms with Gasteiger partial charge in [-0.15, -0.1) is 0 Å². The number of thioether (sulfide) groups is 1. The predicted octanol–water partition coefficient (Wildman–Crippen LogP) is 4.97. The fraction of sp³-hybridized carbons (Fsp3) is 0.136. The molecular formula is C22H20N4O2S. The molecule has 1 aliphatic rings. The molecule has 0 spiro atoms. The molecule has 0 unspecified atom stereocenters. The maximum atomic E-state index is 12.6. The molecule has 3 N–H and O–H groups in total. The molecule has 3 aromatic carbocycles. The Morgan fingerprint density at radius 1 is 0.966 bits per heavy atom. The molecule has 7 heteroatoms. The van der Waals surface area contributed by atoms with Crippen molar-refractivity contribution in [2.75, 3.05) is 16.0 Å². The normalized spacial score (nSPS) is 13.2. The summed E-state index contributed by atoms with van der Waals surface area (Å²) in [5, 5.41) is 11.5. The number of aliphatic imine (C=N–C) groups is 1. The molecule has 0 radical (unpaired) electrons. The van der Waals surface area contributed by atoms with Crippen LogP contribution in [0.25, 0.3) is 10.8 Å². The number of nitrogens with one attached hydrogen (secondary N) is 3. The van der Waals surface area contributed by atoms with Crippen LogP contribution in [0.3, 0.4) is 0 Å². The van der Waals surface area contributed by atoms with Gasteiger partial charge in [-0.05, 0) is 48.7 Å². The van der Waals surface area contributed by atoms with Gasteiger partial charge in [-0.3, -0.25) is 9.59 Å². The van der Waals surface area contributed by atoms with Gasteiger partial charge in [0.2, 0.25) is 11.8 Å². The smallest absolute Gasteiger partial charge is 0.237 e. The van der Waals surface area contributed by atoms with Crippen molar-refractivity contribution >= 4 is 62.3 Å². The molecule has 0 fully saturated rings. The second-order valence-electron chi connectivity index (χ2n) is 6.73. The summed E-state index contributed by atoms with van der Waals surface area (Å²) in [7, 11) is 0. The zero-order chi connectivity index (χ0) is 20.4. The number of amidine groups is 1. The van der Waals surface area contributed by atoms with Gasteiger partial charge in [0, 0.05) is 23.7 Å². The van der Waals surface area contributed by atoms with Crippen molar-refractivity contribution in [3.8, 4) is 0 Å². The standard InChI is InChI=1S/C22H20N4O2S/c1-13(21(28)24-17-11-9-16(10-12-17)23-14(2)27)29-22-25-18-7-3-5-15-6-4-8-19(26-22)20(15)18/h3-13H,1-2H3,(H,23,27)(H,24,28)(H,25,26)/t13-/m1/s1. The predicted molar refractivity (Wildman–Crippen MR) is 121 cm³/mol. The average molecular weight is 404 g/mol. The Morgan fingerprint density at radius 3 is 2.31 bits per heavy atom.